The average molecular weight is 248 g/mol. The minimum atomic E-state index is -0.652. The fraction of sp³-hybridized carbons (Fsp3) is 0.214. The van der Waals surface area contributed by atoms with E-state index in [0.29, 0.717) is 5.02 Å². The van der Waals surface area contributed by atoms with E-state index in [-0.39, 0.29) is 0 Å². The van der Waals surface area contributed by atoms with E-state index in [9.17, 15) is 5.11 Å². The molecule has 0 fully saturated rings. The third kappa shape index (κ3) is 2.65. The molecule has 2 rings (SSSR count). The lowest BCUT2D eigenvalue weighted by molar-refractivity contribution is 0.219. The van der Waals surface area contributed by atoms with Crippen LogP contribution >= 0.6 is 11.6 Å². The normalized spacial score (nSPS) is 12.5. The van der Waals surface area contributed by atoms with Gasteiger partial charge in [0.2, 0.25) is 0 Å². The molecule has 1 aromatic carbocycles. The van der Waals surface area contributed by atoms with Crippen molar-refractivity contribution < 1.29 is 5.11 Å². The van der Waals surface area contributed by atoms with Crippen molar-refractivity contribution in [2.75, 3.05) is 0 Å². The minimum absolute atomic E-state index is 0.652. The second-order valence-electron chi connectivity index (χ2n) is 4.08. The van der Waals surface area contributed by atoms with Gasteiger partial charge in [-0.2, -0.15) is 0 Å². The van der Waals surface area contributed by atoms with Crippen molar-refractivity contribution >= 4 is 11.6 Å². The van der Waals surface area contributed by atoms with Crippen molar-refractivity contribution in [3.8, 4) is 0 Å². The van der Waals surface area contributed by atoms with Gasteiger partial charge in [0.1, 0.15) is 6.10 Å². The molecule has 0 saturated carbocycles. The summed E-state index contributed by atoms with van der Waals surface area (Å²) in [7, 11) is 0. The van der Waals surface area contributed by atoms with Gasteiger partial charge in [-0.1, -0.05) is 29.8 Å². The first-order valence-corrected chi connectivity index (χ1v) is 5.83. The Morgan fingerprint density at radius 1 is 1.06 bits per heavy atom. The molecular formula is C14H14ClNO. The van der Waals surface area contributed by atoms with Gasteiger partial charge in [0, 0.05) is 22.0 Å². The van der Waals surface area contributed by atoms with Crippen LogP contribution in [0.1, 0.15) is 28.6 Å². The molecule has 88 valence electrons. The quantitative estimate of drug-likeness (QED) is 0.882. The standard InChI is InChI=1S/C14H14ClNO/c1-9-3-8-13(10(2)16-9)14(17)11-4-6-12(15)7-5-11/h3-8,14,17H,1-2H3. The number of benzene rings is 1. The summed E-state index contributed by atoms with van der Waals surface area (Å²) in [6.07, 6.45) is -0.652. The van der Waals surface area contributed by atoms with E-state index in [1.165, 1.54) is 0 Å². The number of aliphatic hydroxyl groups is 1. The first-order chi connectivity index (χ1) is 8.08. The summed E-state index contributed by atoms with van der Waals surface area (Å²) in [6, 6.07) is 11.0. The lowest BCUT2D eigenvalue weighted by Gasteiger charge is -2.14. The van der Waals surface area contributed by atoms with Crippen molar-refractivity contribution in [2.24, 2.45) is 0 Å². The maximum atomic E-state index is 10.3. The first-order valence-electron chi connectivity index (χ1n) is 5.45. The Morgan fingerprint density at radius 2 is 1.71 bits per heavy atom. The van der Waals surface area contributed by atoms with Gasteiger partial charge >= 0.3 is 0 Å². The summed E-state index contributed by atoms with van der Waals surface area (Å²) in [6.45, 7) is 3.84. The Balaban J connectivity index is 2.36. The second-order valence-corrected chi connectivity index (χ2v) is 4.52. The van der Waals surface area contributed by atoms with Gasteiger partial charge in [0.15, 0.2) is 0 Å². The number of nitrogens with zero attached hydrogens (tertiary/aromatic N) is 1. The first kappa shape index (κ1) is 12.1. The molecule has 0 saturated heterocycles. The summed E-state index contributed by atoms with van der Waals surface area (Å²) >= 11 is 5.82. The topological polar surface area (TPSA) is 33.1 Å². The monoisotopic (exact) mass is 247 g/mol. The smallest absolute Gasteiger partial charge is 0.106 e. The maximum Gasteiger partial charge on any atom is 0.106 e. The van der Waals surface area contributed by atoms with Crippen LogP contribution < -0.4 is 0 Å². The maximum absolute atomic E-state index is 10.3. The number of pyridine rings is 1. The number of hydrogen-bond donors (Lipinski definition) is 1. The van der Waals surface area contributed by atoms with E-state index in [4.69, 9.17) is 11.6 Å². The zero-order valence-corrected chi connectivity index (χ0v) is 10.6. The lowest BCUT2D eigenvalue weighted by atomic mass is 10.0. The van der Waals surface area contributed by atoms with Gasteiger partial charge in [-0.3, -0.25) is 4.98 Å². The van der Waals surface area contributed by atoms with Crippen LogP contribution in [0.4, 0.5) is 0 Å². The third-order valence-electron chi connectivity index (χ3n) is 2.75. The highest BCUT2D eigenvalue weighted by Gasteiger charge is 2.13. The number of rotatable bonds is 2. The van der Waals surface area contributed by atoms with E-state index in [2.05, 4.69) is 4.98 Å². The Hall–Kier alpha value is -1.38. The third-order valence-corrected chi connectivity index (χ3v) is 3.00. The number of hydrogen-bond acceptors (Lipinski definition) is 2. The highest BCUT2D eigenvalue weighted by atomic mass is 35.5. The van der Waals surface area contributed by atoms with E-state index >= 15 is 0 Å². The van der Waals surface area contributed by atoms with Crippen molar-refractivity contribution in [3.05, 3.63) is 63.9 Å². The Morgan fingerprint density at radius 3 is 2.29 bits per heavy atom. The fourth-order valence-electron chi connectivity index (χ4n) is 1.81. The van der Waals surface area contributed by atoms with Crippen molar-refractivity contribution in [1.82, 2.24) is 4.98 Å². The second kappa shape index (κ2) is 4.86. The largest absolute Gasteiger partial charge is 0.384 e. The van der Waals surface area contributed by atoms with Gasteiger partial charge in [-0.25, -0.2) is 0 Å². The van der Waals surface area contributed by atoms with E-state index in [1.54, 1.807) is 12.1 Å². The molecular weight excluding hydrogens is 234 g/mol. The van der Waals surface area contributed by atoms with E-state index in [0.717, 1.165) is 22.5 Å². The number of aryl methyl sites for hydroxylation is 2. The van der Waals surface area contributed by atoms with Crippen molar-refractivity contribution in [1.29, 1.82) is 0 Å². The molecule has 2 aromatic rings. The van der Waals surface area contributed by atoms with Gasteiger partial charge < -0.3 is 5.11 Å². The summed E-state index contributed by atoms with van der Waals surface area (Å²) in [5.41, 5.74) is 3.46. The van der Waals surface area contributed by atoms with Crippen LogP contribution in [0, 0.1) is 13.8 Å². The lowest BCUT2D eigenvalue weighted by Crippen LogP contribution is -2.03. The van der Waals surface area contributed by atoms with Gasteiger partial charge in [-0.15, -0.1) is 0 Å². The van der Waals surface area contributed by atoms with Crippen LogP contribution in [0.25, 0.3) is 0 Å². The van der Waals surface area contributed by atoms with Crippen LogP contribution in [0.2, 0.25) is 5.02 Å². The molecule has 0 aliphatic heterocycles. The zero-order valence-electron chi connectivity index (χ0n) is 9.81. The molecule has 2 nitrogen and oxygen atoms in total. The van der Waals surface area contributed by atoms with Crippen LogP contribution in [0.3, 0.4) is 0 Å². The average Bonchev–Trinajstić information content (AvgIpc) is 2.29. The highest BCUT2D eigenvalue weighted by Crippen LogP contribution is 2.25. The molecule has 1 heterocycles. The van der Waals surface area contributed by atoms with Crippen LogP contribution in [0.15, 0.2) is 36.4 Å². The van der Waals surface area contributed by atoms with Crippen molar-refractivity contribution in [2.45, 2.75) is 20.0 Å². The molecule has 1 unspecified atom stereocenters. The molecule has 0 bridgehead atoms. The molecule has 17 heavy (non-hydrogen) atoms. The van der Waals surface area contributed by atoms with Gasteiger partial charge in [-0.05, 0) is 37.6 Å². The SMILES string of the molecule is Cc1ccc(C(O)c2ccc(Cl)cc2)c(C)n1. The van der Waals surface area contributed by atoms with Gasteiger partial charge in [0.25, 0.3) is 0 Å². The molecule has 1 aromatic heterocycles. The molecule has 0 radical (unpaired) electrons. The number of aromatic nitrogens is 1. The van der Waals surface area contributed by atoms with Crippen LogP contribution in [0.5, 0.6) is 0 Å². The van der Waals surface area contributed by atoms with Crippen LogP contribution in [-0.2, 0) is 0 Å². The van der Waals surface area contributed by atoms with Crippen molar-refractivity contribution in [3.63, 3.8) is 0 Å². The number of halogens is 1. The zero-order chi connectivity index (χ0) is 12.4. The summed E-state index contributed by atoms with van der Waals surface area (Å²) in [4.78, 5) is 4.35. The molecule has 0 spiro atoms. The van der Waals surface area contributed by atoms with E-state index < -0.39 is 6.10 Å². The summed E-state index contributed by atoms with van der Waals surface area (Å²) in [5, 5.41) is 10.9. The fourth-order valence-corrected chi connectivity index (χ4v) is 1.94. The summed E-state index contributed by atoms with van der Waals surface area (Å²) < 4.78 is 0. The Bertz CT molecular complexity index is 522. The molecule has 0 aliphatic carbocycles. The number of aliphatic hydroxyl groups excluding tert-OH is 1. The predicted octanol–water partition coefficient (Wildman–Crippen LogP) is 3.43. The molecule has 1 atom stereocenters. The highest BCUT2D eigenvalue weighted by molar-refractivity contribution is 6.30. The minimum Gasteiger partial charge on any atom is -0.384 e. The Kier molecular flexibility index (Phi) is 3.46. The van der Waals surface area contributed by atoms with Gasteiger partial charge in [0.05, 0.1) is 0 Å². The molecule has 0 aliphatic rings. The molecule has 0 amide bonds. The predicted molar refractivity (Wildman–Crippen MR) is 69.2 cm³/mol. The molecule has 1 N–H and O–H groups in total. The van der Waals surface area contributed by atoms with E-state index in [1.807, 2.05) is 38.1 Å². The Labute approximate surface area is 106 Å². The van der Waals surface area contributed by atoms with Crippen LogP contribution in [-0.4, -0.2) is 10.1 Å². The molecule has 3 heteroatoms. The summed E-state index contributed by atoms with van der Waals surface area (Å²) in [5.74, 6) is 0.